The molecule has 0 bridgehead atoms. The van der Waals surface area contributed by atoms with Crippen molar-refractivity contribution in [1.82, 2.24) is 29.6 Å². The lowest BCUT2D eigenvalue weighted by atomic mass is 10.2. The number of halogens is 2. The van der Waals surface area contributed by atoms with Crippen LogP contribution in [0.2, 0.25) is 0 Å². The van der Waals surface area contributed by atoms with E-state index in [1.807, 2.05) is 25.5 Å². The molecule has 0 saturated carbocycles. The summed E-state index contributed by atoms with van der Waals surface area (Å²) in [4.78, 5) is 0.581. The van der Waals surface area contributed by atoms with Gasteiger partial charge in [-0.05, 0) is 39.0 Å². The average molecular weight is 360 g/mol. The van der Waals surface area contributed by atoms with Gasteiger partial charge in [0, 0.05) is 17.8 Å². The summed E-state index contributed by atoms with van der Waals surface area (Å²) in [6.45, 7) is 6.74. The lowest BCUT2D eigenvalue weighted by molar-refractivity contribution is 0.509. The van der Waals surface area contributed by atoms with Crippen molar-refractivity contribution < 1.29 is 8.78 Å². The predicted octanol–water partition coefficient (Wildman–Crippen LogP) is 3.63. The Kier molecular flexibility index (Phi) is 3.60. The molecular weight excluding hydrogens is 346 g/mol. The fraction of sp³-hybridized carbons (Fsp3) is 0.250. The summed E-state index contributed by atoms with van der Waals surface area (Å²) in [5.74, 6) is -1.46. The van der Waals surface area contributed by atoms with Gasteiger partial charge in [0.2, 0.25) is 4.96 Å². The molecule has 0 amide bonds. The van der Waals surface area contributed by atoms with Crippen molar-refractivity contribution in [2.75, 3.05) is 0 Å². The van der Waals surface area contributed by atoms with Gasteiger partial charge in [-0.1, -0.05) is 11.3 Å². The van der Waals surface area contributed by atoms with Gasteiger partial charge in [-0.25, -0.2) is 8.78 Å². The third-order valence-corrected chi connectivity index (χ3v) is 4.98. The molecule has 0 unspecified atom stereocenters. The lowest BCUT2D eigenvalue weighted by Gasteiger charge is -2.00. The molecule has 0 fully saturated rings. The summed E-state index contributed by atoms with van der Waals surface area (Å²) in [5.41, 5.74) is 3.30. The molecule has 0 aliphatic rings. The molecule has 0 saturated heterocycles. The molecule has 0 radical (unpaired) electrons. The van der Waals surface area contributed by atoms with Crippen LogP contribution in [0.25, 0.3) is 26.9 Å². The van der Waals surface area contributed by atoms with Crippen LogP contribution in [0.3, 0.4) is 0 Å². The van der Waals surface area contributed by atoms with Gasteiger partial charge in [0.05, 0.1) is 11.3 Å². The molecule has 0 aliphatic carbocycles. The smallest absolute Gasteiger partial charge is 0.235 e. The van der Waals surface area contributed by atoms with E-state index in [1.165, 1.54) is 17.4 Å². The summed E-state index contributed by atoms with van der Waals surface area (Å²) >= 11 is 1.38. The number of hydrogen-bond acceptors (Lipinski definition) is 5. The van der Waals surface area contributed by atoms with Gasteiger partial charge in [-0.2, -0.15) is 14.7 Å². The highest BCUT2D eigenvalue weighted by Crippen LogP contribution is 2.32. The van der Waals surface area contributed by atoms with Crippen LogP contribution in [0.15, 0.2) is 18.2 Å². The van der Waals surface area contributed by atoms with Crippen LogP contribution in [-0.2, 0) is 6.54 Å². The van der Waals surface area contributed by atoms with Crippen molar-refractivity contribution in [3.05, 3.63) is 41.2 Å². The minimum absolute atomic E-state index is 0.370. The highest BCUT2D eigenvalue weighted by Gasteiger charge is 2.20. The van der Waals surface area contributed by atoms with E-state index in [2.05, 4.69) is 20.4 Å². The van der Waals surface area contributed by atoms with Crippen LogP contribution in [-0.4, -0.2) is 29.6 Å². The third-order valence-electron chi connectivity index (χ3n) is 4.06. The van der Waals surface area contributed by atoms with Gasteiger partial charge in [0.1, 0.15) is 0 Å². The molecule has 3 aromatic heterocycles. The molecule has 4 aromatic rings. The van der Waals surface area contributed by atoms with Crippen molar-refractivity contribution in [2.24, 2.45) is 0 Å². The van der Waals surface area contributed by atoms with Crippen LogP contribution >= 0.6 is 11.3 Å². The monoisotopic (exact) mass is 360 g/mol. The number of aryl methyl sites for hydroxylation is 2. The largest absolute Gasteiger partial charge is 0.269 e. The van der Waals surface area contributed by atoms with Gasteiger partial charge < -0.3 is 0 Å². The van der Waals surface area contributed by atoms with Crippen LogP contribution < -0.4 is 0 Å². The first kappa shape index (κ1) is 15.8. The second-order valence-corrected chi connectivity index (χ2v) is 6.57. The Morgan fingerprint density at radius 3 is 2.56 bits per heavy atom. The first-order valence-corrected chi connectivity index (χ1v) is 8.53. The Bertz CT molecular complexity index is 1090. The van der Waals surface area contributed by atoms with Crippen molar-refractivity contribution >= 4 is 16.3 Å². The number of aromatic nitrogens is 6. The maximum atomic E-state index is 13.5. The third kappa shape index (κ3) is 2.42. The van der Waals surface area contributed by atoms with E-state index in [9.17, 15) is 8.78 Å². The Labute approximate surface area is 145 Å². The highest BCUT2D eigenvalue weighted by molar-refractivity contribution is 7.19. The number of rotatable bonds is 3. The van der Waals surface area contributed by atoms with E-state index in [0.29, 0.717) is 16.3 Å². The van der Waals surface area contributed by atoms with Gasteiger partial charge >= 0.3 is 0 Å². The fourth-order valence-electron chi connectivity index (χ4n) is 2.85. The summed E-state index contributed by atoms with van der Waals surface area (Å²) in [6.07, 6.45) is 0. The zero-order chi connectivity index (χ0) is 17.7. The standard InChI is InChI=1S/C16H14F2N6S/c1-4-23-9(3)13(8(2)21-23)15-22-24-14(19-20-16(24)25-15)10-5-6-11(17)12(18)7-10/h5-7H,4H2,1-3H3. The second kappa shape index (κ2) is 5.69. The quantitative estimate of drug-likeness (QED) is 0.560. The molecule has 0 spiro atoms. The van der Waals surface area contributed by atoms with E-state index in [1.54, 1.807) is 4.52 Å². The molecule has 6 nitrogen and oxygen atoms in total. The Morgan fingerprint density at radius 1 is 1.08 bits per heavy atom. The summed E-state index contributed by atoms with van der Waals surface area (Å²) in [5, 5.41) is 18.0. The number of nitrogens with zero attached hydrogens (tertiary/aromatic N) is 6. The van der Waals surface area contributed by atoms with Crippen molar-refractivity contribution in [3.63, 3.8) is 0 Å². The maximum absolute atomic E-state index is 13.5. The first-order chi connectivity index (χ1) is 12.0. The zero-order valence-corrected chi connectivity index (χ0v) is 14.6. The van der Waals surface area contributed by atoms with Crippen LogP contribution in [0, 0.1) is 25.5 Å². The number of hydrogen-bond donors (Lipinski definition) is 0. The van der Waals surface area contributed by atoms with E-state index in [0.717, 1.165) is 40.6 Å². The first-order valence-electron chi connectivity index (χ1n) is 7.71. The molecule has 4 rings (SSSR count). The van der Waals surface area contributed by atoms with Crippen molar-refractivity contribution in [3.8, 4) is 22.0 Å². The molecule has 0 N–H and O–H groups in total. The minimum atomic E-state index is -0.930. The average Bonchev–Trinajstić information content (AvgIpc) is 3.22. The number of fused-ring (bicyclic) bond motifs is 1. The second-order valence-electron chi connectivity index (χ2n) is 5.62. The van der Waals surface area contributed by atoms with Crippen LogP contribution in [0.4, 0.5) is 8.78 Å². The fourth-order valence-corrected chi connectivity index (χ4v) is 3.84. The molecule has 25 heavy (non-hydrogen) atoms. The predicted molar refractivity (Wildman–Crippen MR) is 90.4 cm³/mol. The van der Waals surface area contributed by atoms with E-state index in [-0.39, 0.29) is 0 Å². The van der Waals surface area contributed by atoms with Crippen LogP contribution in [0.5, 0.6) is 0 Å². The van der Waals surface area contributed by atoms with Gasteiger partial charge in [-0.3, -0.25) is 4.68 Å². The minimum Gasteiger partial charge on any atom is -0.269 e. The lowest BCUT2D eigenvalue weighted by Crippen LogP contribution is -1.98. The van der Waals surface area contributed by atoms with Crippen molar-refractivity contribution in [2.45, 2.75) is 27.3 Å². The number of benzene rings is 1. The Hall–Kier alpha value is -2.68. The normalized spacial score (nSPS) is 11.6. The van der Waals surface area contributed by atoms with Gasteiger partial charge in [-0.15, -0.1) is 10.2 Å². The SMILES string of the molecule is CCn1nc(C)c(-c2nn3c(-c4ccc(F)c(F)c4)nnc3s2)c1C. The van der Waals surface area contributed by atoms with E-state index < -0.39 is 11.6 Å². The molecule has 9 heteroatoms. The maximum Gasteiger partial charge on any atom is 0.235 e. The summed E-state index contributed by atoms with van der Waals surface area (Å²) in [6, 6.07) is 3.62. The van der Waals surface area contributed by atoms with E-state index in [4.69, 9.17) is 0 Å². The van der Waals surface area contributed by atoms with Gasteiger partial charge in [0.25, 0.3) is 0 Å². The molecule has 0 aliphatic heterocycles. The molecule has 128 valence electrons. The Morgan fingerprint density at radius 2 is 1.88 bits per heavy atom. The van der Waals surface area contributed by atoms with Crippen LogP contribution in [0.1, 0.15) is 18.3 Å². The summed E-state index contributed by atoms with van der Waals surface area (Å²) < 4.78 is 30.2. The van der Waals surface area contributed by atoms with Gasteiger partial charge in [0.15, 0.2) is 22.5 Å². The van der Waals surface area contributed by atoms with Crippen molar-refractivity contribution in [1.29, 1.82) is 0 Å². The molecule has 0 atom stereocenters. The van der Waals surface area contributed by atoms with E-state index >= 15 is 0 Å². The zero-order valence-electron chi connectivity index (χ0n) is 13.8. The Balaban J connectivity index is 1.86. The topological polar surface area (TPSA) is 60.9 Å². The molecule has 3 heterocycles. The molecular formula is C16H14F2N6S. The molecule has 1 aromatic carbocycles. The highest BCUT2D eigenvalue weighted by atomic mass is 32.1. The summed E-state index contributed by atoms with van der Waals surface area (Å²) in [7, 11) is 0.